The second-order valence-corrected chi connectivity index (χ2v) is 18.7. The van der Waals surface area contributed by atoms with E-state index in [2.05, 4.69) is 22.3 Å². The zero-order chi connectivity index (χ0) is 19.2. The summed E-state index contributed by atoms with van der Waals surface area (Å²) >= 11 is -2.33. The monoisotopic (exact) mass is 377 g/mol. The van der Waals surface area contributed by atoms with Crippen molar-refractivity contribution < 1.29 is 7.13 Å². The van der Waals surface area contributed by atoms with Gasteiger partial charge in [0.2, 0.25) is 0 Å². The fourth-order valence-corrected chi connectivity index (χ4v) is 5.52. The number of nitrogens with zero attached hydrogens (tertiary/aromatic N) is 1. The van der Waals surface area contributed by atoms with Gasteiger partial charge in [0, 0.05) is 0 Å². The molecule has 0 saturated carbocycles. The second kappa shape index (κ2) is 6.39. The fraction of sp³-hybridized carbons (Fsp3) is 0.450. The Balaban J connectivity index is 2.78. The van der Waals surface area contributed by atoms with Crippen molar-refractivity contribution in [1.82, 2.24) is 4.98 Å². The number of aromatic nitrogens is 1. The first-order chi connectivity index (χ1) is 11.3. The van der Waals surface area contributed by atoms with Crippen LogP contribution in [0.5, 0.6) is 0 Å². The van der Waals surface area contributed by atoms with E-state index in [-0.39, 0.29) is 5.82 Å². The first kappa shape index (κ1) is 15.4. The summed E-state index contributed by atoms with van der Waals surface area (Å²) in [6, 6.07) is 6.80. The van der Waals surface area contributed by atoms with E-state index in [1.165, 1.54) is 6.07 Å². The van der Waals surface area contributed by atoms with Gasteiger partial charge in [0.15, 0.2) is 0 Å². The van der Waals surface area contributed by atoms with Gasteiger partial charge in [-0.1, -0.05) is 0 Å². The molecule has 0 fully saturated rings. The molecule has 0 amide bonds. The maximum absolute atomic E-state index is 14.0. The molecule has 1 heterocycles. The van der Waals surface area contributed by atoms with Gasteiger partial charge >= 0.3 is 145 Å². The predicted molar refractivity (Wildman–Crippen MR) is 101 cm³/mol. The number of rotatable bonds is 3. The first-order valence-corrected chi connectivity index (χ1v) is 15.4. The summed E-state index contributed by atoms with van der Waals surface area (Å²) in [5.41, 5.74) is 2.06. The molecular weight excluding hydrogens is 346 g/mol. The summed E-state index contributed by atoms with van der Waals surface area (Å²) in [6.07, 6.45) is 0.332. The van der Waals surface area contributed by atoms with Gasteiger partial charge in [-0.3, -0.25) is 0 Å². The van der Waals surface area contributed by atoms with Gasteiger partial charge in [-0.05, 0) is 0 Å². The Labute approximate surface area is 145 Å². The van der Waals surface area contributed by atoms with Crippen molar-refractivity contribution in [3.05, 3.63) is 47.4 Å². The SMILES string of the molecule is [2H]C([2H])(c1cc(-c2cccc(F)c2C)nc[c]1[Ge]([CH3])([CH3])[CH3])C(C)(C)C. The Bertz CT molecular complexity index is 789. The molecule has 0 bridgehead atoms. The van der Waals surface area contributed by atoms with Crippen LogP contribution in [0.15, 0.2) is 30.5 Å². The Morgan fingerprint density at radius 3 is 2.43 bits per heavy atom. The van der Waals surface area contributed by atoms with Crippen molar-refractivity contribution in [2.45, 2.75) is 51.3 Å². The normalized spacial score (nSPS) is 14.4. The minimum atomic E-state index is -2.33. The molecule has 0 aliphatic rings. The van der Waals surface area contributed by atoms with Crippen LogP contribution < -0.4 is 4.40 Å². The topological polar surface area (TPSA) is 12.9 Å². The number of pyridine rings is 1. The van der Waals surface area contributed by atoms with Crippen LogP contribution in [-0.2, 0) is 6.37 Å². The van der Waals surface area contributed by atoms with Crippen LogP contribution in [-0.4, -0.2) is 18.3 Å². The van der Waals surface area contributed by atoms with E-state index in [1.807, 2.05) is 39.1 Å². The maximum atomic E-state index is 14.0. The Morgan fingerprint density at radius 1 is 1.22 bits per heavy atom. The van der Waals surface area contributed by atoms with Gasteiger partial charge in [-0.2, -0.15) is 0 Å². The molecule has 0 aliphatic carbocycles. The molecule has 0 spiro atoms. The second-order valence-electron chi connectivity index (χ2n) is 8.15. The third-order valence-electron chi connectivity index (χ3n) is 3.77. The van der Waals surface area contributed by atoms with E-state index in [4.69, 9.17) is 2.74 Å². The van der Waals surface area contributed by atoms with Gasteiger partial charge in [0.1, 0.15) is 0 Å². The third kappa shape index (κ3) is 4.44. The van der Waals surface area contributed by atoms with E-state index < -0.39 is 25.1 Å². The van der Waals surface area contributed by atoms with Crippen LogP contribution >= 0.6 is 0 Å². The molecule has 124 valence electrons. The molecule has 0 unspecified atom stereocenters. The Hall–Kier alpha value is -1.16. The van der Waals surface area contributed by atoms with Gasteiger partial charge in [0.25, 0.3) is 0 Å². The molecule has 1 aromatic carbocycles. The molecule has 0 N–H and O–H groups in total. The summed E-state index contributed by atoms with van der Waals surface area (Å²) in [7, 11) is 0. The average molecular weight is 376 g/mol. The van der Waals surface area contributed by atoms with Crippen molar-refractivity contribution in [3.63, 3.8) is 0 Å². The Morgan fingerprint density at radius 2 is 1.87 bits per heavy atom. The minimum absolute atomic E-state index is 0.266. The molecule has 2 rings (SSSR count). The van der Waals surface area contributed by atoms with Gasteiger partial charge in [-0.25, -0.2) is 0 Å². The standard InChI is InChI=1S/C20H28FGeN/c1-14-16(9-8-10-17(14)21)19-11-15(12-20(2,3)4)18(13-23-19)22(5,6)7/h8-11,13H,12H2,1-7H3/i12D2. The van der Waals surface area contributed by atoms with Crippen LogP contribution in [0.1, 0.15) is 34.6 Å². The zero-order valence-electron chi connectivity index (χ0n) is 17.2. The van der Waals surface area contributed by atoms with Gasteiger partial charge in [0.05, 0.1) is 0 Å². The molecule has 1 aromatic heterocycles. The van der Waals surface area contributed by atoms with Crippen LogP contribution in [0.25, 0.3) is 11.3 Å². The molecule has 0 saturated heterocycles. The number of hydrogen-bond acceptors (Lipinski definition) is 1. The molecule has 0 atom stereocenters. The van der Waals surface area contributed by atoms with E-state index in [1.54, 1.807) is 13.0 Å². The van der Waals surface area contributed by atoms with E-state index in [0.717, 1.165) is 9.96 Å². The molecule has 0 radical (unpaired) electrons. The van der Waals surface area contributed by atoms with Crippen LogP contribution in [0, 0.1) is 18.2 Å². The third-order valence-corrected chi connectivity index (χ3v) is 7.99. The predicted octanol–water partition coefficient (Wildman–Crippen LogP) is 5.33. The molecule has 1 nitrogen and oxygen atoms in total. The van der Waals surface area contributed by atoms with Gasteiger partial charge < -0.3 is 0 Å². The van der Waals surface area contributed by atoms with E-state index in [9.17, 15) is 4.39 Å². The van der Waals surface area contributed by atoms with Crippen molar-refractivity contribution in [1.29, 1.82) is 0 Å². The summed E-state index contributed by atoms with van der Waals surface area (Å²) < 4.78 is 32.6. The summed E-state index contributed by atoms with van der Waals surface area (Å²) in [6.45, 7) is 7.49. The number of halogens is 1. The van der Waals surface area contributed by atoms with Crippen molar-refractivity contribution >= 4 is 17.7 Å². The number of benzene rings is 1. The van der Waals surface area contributed by atoms with Crippen molar-refractivity contribution in [3.8, 4) is 11.3 Å². The summed E-state index contributed by atoms with van der Waals surface area (Å²) in [4.78, 5) is 4.59. The van der Waals surface area contributed by atoms with Crippen LogP contribution in [0.4, 0.5) is 4.39 Å². The van der Waals surface area contributed by atoms with Crippen LogP contribution in [0.3, 0.4) is 0 Å². The molecule has 23 heavy (non-hydrogen) atoms. The first-order valence-electron chi connectivity index (χ1n) is 9.03. The van der Waals surface area contributed by atoms with E-state index >= 15 is 0 Å². The quantitative estimate of drug-likeness (QED) is 0.660. The average Bonchev–Trinajstić information content (AvgIpc) is 2.47. The van der Waals surface area contributed by atoms with Crippen molar-refractivity contribution in [2.75, 3.05) is 0 Å². The molecule has 2 aromatic rings. The van der Waals surface area contributed by atoms with Gasteiger partial charge in [-0.15, -0.1) is 0 Å². The molecule has 3 heteroatoms. The molecular formula is C20H28FGeN. The molecule has 0 aliphatic heterocycles. The number of hydrogen-bond donors (Lipinski definition) is 0. The zero-order valence-corrected chi connectivity index (χ0v) is 17.3. The van der Waals surface area contributed by atoms with Crippen molar-refractivity contribution in [2.24, 2.45) is 5.41 Å². The van der Waals surface area contributed by atoms with E-state index in [0.29, 0.717) is 16.8 Å². The summed E-state index contributed by atoms with van der Waals surface area (Å²) in [5, 5.41) is 0. The summed E-state index contributed by atoms with van der Waals surface area (Å²) in [5.74, 6) is 6.46. The van der Waals surface area contributed by atoms with Crippen LogP contribution in [0.2, 0.25) is 17.3 Å². The fourth-order valence-electron chi connectivity index (χ4n) is 2.59. The Kier molecular flexibility index (Phi) is 4.27.